The summed E-state index contributed by atoms with van der Waals surface area (Å²) in [5.74, 6) is 0.886. The van der Waals surface area contributed by atoms with Gasteiger partial charge < -0.3 is 0 Å². The molecule has 0 amide bonds. The van der Waals surface area contributed by atoms with E-state index in [-0.39, 0.29) is 13.8 Å². The molecular weight excluding hydrogens is 326 g/mol. The van der Waals surface area contributed by atoms with Crippen molar-refractivity contribution in [2.24, 2.45) is 5.92 Å². The number of nitro benzene ring substituents is 1. The maximum absolute atomic E-state index is 10.5. The minimum absolute atomic E-state index is 0.0316. The Hall–Kier alpha value is -0.420. The Morgan fingerprint density at radius 3 is 2.13 bits per heavy atom. The van der Waals surface area contributed by atoms with E-state index in [9.17, 15) is 10.1 Å². The van der Waals surface area contributed by atoms with E-state index >= 15 is 0 Å². The molecule has 0 spiro atoms. The number of hydrogen-bond donors (Lipinski definition) is 0. The van der Waals surface area contributed by atoms with Gasteiger partial charge in [0.25, 0.3) is 5.69 Å². The zero-order valence-corrected chi connectivity index (χ0v) is 11.2. The maximum Gasteiger partial charge on any atom is 0.269 e. The summed E-state index contributed by atoms with van der Waals surface area (Å²) >= 11 is 7.17. The highest BCUT2D eigenvalue weighted by molar-refractivity contribution is 9.25. The van der Waals surface area contributed by atoms with Gasteiger partial charge in [0.05, 0.1) is 8.16 Å². The summed E-state index contributed by atoms with van der Waals surface area (Å²) in [5.41, 5.74) is 1.27. The fourth-order valence-corrected chi connectivity index (χ4v) is 3.38. The van der Waals surface area contributed by atoms with Crippen LogP contribution >= 0.6 is 31.9 Å². The number of alkyl halides is 2. The molecule has 0 aliphatic heterocycles. The highest BCUT2D eigenvalue weighted by atomic mass is 79.9. The molecule has 2 atom stereocenters. The van der Waals surface area contributed by atoms with Crippen LogP contribution < -0.4 is 0 Å². The van der Waals surface area contributed by atoms with E-state index in [1.165, 1.54) is 0 Å². The zero-order valence-electron chi connectivity index (χ0n) is 7.98. The smallest absolute Gasteiger partial charge is 0.258 e. The number of rotatable bonds is 2. The third-order valence-corrected chi connectivity index (χ3v) is 5.31. The molecule has 80 valence electrons. The van der Waals surface area contributed by atoms with Crippen molar-refractivity contribution in [2.45, 2.75) is 16.1 Å². The maximum atomic E-state index is 10.5. The molecule has 1 fully saturated rings. The number of hydrogen-bond acceptors (Lipinski definition) is 2. The minimum Gasteiger partial charge on any atom is -0.258 e. The van der Waals surface area contributed by atoms with Crippen LogP contribution in [0, 0.1) is 16.0 Å². The predicted octanol–water partition coefficient (Wildman–Crippen LogP) is 3.81. The average molecular weight is 335 g/mol. The molecule has 0 aromatic heterocycles. The molecule has 5 heteroatoms. The lowest BCUT2D eigenvalue weighted by Gasteiger charge is -2.00. The SMILES string of the molecule is C[C@H]1[C@@H](c2ccc([N+](=O)[O-])cc2)C1(Br)Br. The second kappa shape index (κ2) is 3.56. The van der Waals surface area contributed by atoms with Gasteiger partial charge in [-0.3, -0.25) is 10.1 Å². The van der Waals surface area contributed by atoms with Crippen molar-refractivity contribution < 1.29 is 4.92 Å². The number of halogens is 2. The molecule has 0 saturated heterocycles. The molecule has 1 saturated carbocycles. The van der Waals surface area contributed by atoms with Gasteiger partial charge >= 0.3 is 0 Å². The summed E-state index contributed by atoms with van der Waals surface area (Å²) in [6, 6.07) is 6.75. The van der Waals surface area contributed by atoms with Gasteiger partial charge in [0.15, 0.2) is 0 Å². The summed E-state index contributed by atoms with van der Waals surface area (Å²) < 4.78 is -0.0316. The topological polar surface area (TPSA) is 43.1 Å². The Kier molecular flexibility index (Phi) is 2.63. The molecule has 1 aromatic carbocycles. The first-order valence-corrected chi connectivity index (χ1v) is 6.15. The van der Waals surface area contributed by atoms with Crippen LogP contribution in [-0.2, 0) is 0 Å². The Labute approximate surface area is 104 Å². The zero-order chi connectivity index (χ0) is 11.2. The van der Waals surface area contributed by atoms with E-state index < -0.39 is 0 Å². The molecule has 15 heavy (non-hydrogen) atoms. The monoisotopic (exact) mass is 333 g/mol. The quantitative estimate of drug-likeness (QED) is 0.469. The summed E-state index contributed by atoms with van der Waals surface area (Å²) in [7, 11) is 0. The molecule has 1 aromatic rings. The molecule has 1 aliphatic carbocycles. The van der Waals surface area contributed by atoms with Gasteiger partial charge in [-0.05, 0) is 11.5 Å². The van der Waals surface area contributed by atoms with Gasteiger partial charge in [-0.1, -0.05) is 50.9 Å². The molecule has 2 rings (SSSR count). The van der Waals surface area contributed by atoms with Crippen molar-refractivity contribution in [1.29, 1.82) is 0 Å². The fourth-order valence-electron chi connectivity index (χ4n) is 1.79. The number of non-ortho nitro benzene ring substituents is 1. The number of nitrogens with zero attached hydrogens (tertiary/aromatic N) is 1. The van der Waals surface area contributed by atoms with Crippen LogP contribution in [0.15, 0.2) is 24.3 Å². The fraction of sp³-hybridized carbons (Fsp3) is 0.400. The lowest BCUT2D eigenvalue weighted by atomic mass is 10.1. The highest BCUT2D eigenvalue weighted by Crippen LogP contribution is 2.67. The van der Waals surface area contributed by atoms with Gasteiger partial charge in [0, 0.05) is 18.1 Å². The number of benzene rings is 1. The molecule has 0 unspecified atom stereocenters. The summed E-state index contributed by atoms with van der Waals surface area (Å²) in [4.78, 5) is 10.1. The van der Waals surface area contributed by atoms with Crippen molar-refractivity contribution >= 4 is 37.5 Å². The van der Waals surface area contributed by atoms with Crippen LogP contribution in [0.25, 0.3) is 0 Å². The van der Waals surface area contributed by atoms with Crippen molar-refractivity contribution in [3.05, 3.63) is 39.9 Å². The average Bonchev–Trinajstić information content (AvgIpc) is 2.66. The standard InChI is InChI=1S/C10H9Br2NO2/c1-6-9(10(6,11)12)7-2-4-8(5-3-7)13(14)15/h2-6,9H,1H3/t6-,9-/m0/s1. The third-order valence-electron chi connectivity index (χ3n) is 2.88. The Bertz CT molecular complexity index is 402. The van der Waals surface area contributed by atoms with Crippen molar-refractivity contribution in [3.8, 4) is 0 Å². The van der Waals surface area contributed by atoms with Gasteiger partial charge in [0.2, 0.25) is 0 Å². The first-order valence-electron chi connectivity index (χ1n) is 4.56. The largest absolute Gasteiger partial charge is 0.269 e. The van der Waals surface area contributed by atoms with Crippen molar-refractivity contribution in [2.75, 3.05) is 0 Å². The Balaban J connectivity index is 2.23. The van der Waals surface area contributed by atoms with Crippen molar-refractivity contribution in [3.63, 3.8) is 0 Å². The van der Waals surface area contributed by atoms with E-state index in [2.05, 4.69) is 38.8 Å². The molecule has 0 bridgehead atoms. The van der Waals surface area contributed by atoms with Crippen molar-refractivity contribution in [1.82, 2.24) is 0 Å². The van der Waals surface area contributed by atoms with Gasteiger partial charge in [-0.15, -0.1) is 0 Å². The van der Waals surface area contributed by atoms with Crippen LogP contribution in [0.3, 0.4) is 0 Å². The second-order valence-corrected chi connectivity index (χ2v) is 7.48. The van der Waals surface area contributed by atoms with Gasteiger partial charge in [-0.2, -0.15) is 0 Å². The minimum atomic E-state index is -0.379. The van der Waals surface area contributed by atoms with E-state index in [0.717, 1.165) is 5.56 Å². The van der Waals surface area contributed by atoms with E-state index in [1.807, 2.05) is 12.1 Å². The van der Waals surface area contributed by atoms with Gasteiger partial charge in [-0.25, -0.2) is 0 Å². The summed E-state index contributed by atoms with van der Waals surface area (Å²) in [5, 5.41) is 10.5. The molecule has 1 aliphatic rings. The van der Waals surface area contributed by atoms with Crippen LogP contribution in [0.5, 0.6) is 0 Å². The highest BCUT2D eigenvalue weighted by Gasteiger charge is 2.59. The normalized spacial score (nSPS) is 27.4. The summed E-state index contributed by atoms with van der Waals surface area (Å²) in [6.45, 7) is 2.13. The molecular formula is C10H9Br2NO2. The third kappa shape index (κ3) is 1.83. The predicted molar refractivity (Wildman–Crippen MR) is 65.6 cm³/mol. The lowest BCUT2D eigenvalue weighted by molar-refractivity contribution is -0.384. The van der Waals surface area contributed by atoms with E-state index in [1.54, 1.807) is 12.1 Å². The van der Waals surface area contributed by atoms with Crippen LogP contribution in [0.4, 0.5) is 5.69 Å². The Morgan fingerprint density at radius 2 is 1.80 bits per heavy atom. The van der Waals surface area contributed by atoms with Crippen LogP contribution in [0.1, 0.15) is 18.4 Å². The second-order valence-electron chi connectivity index (χ2n) is 3.79. The molecule has 0 radical (unpaired) electrons. The molecule has 0 heterocycles. The first kappa shape index (κ1) is 11.1. The lowest BCUT2D eigenvalue weighted by Crippen LogP contribution is -1.90. The van der Waals surface area contributed by atoms with Crippen LogP contribution in [0.2, 0.25) is 0 Å². The summed E-state index contributed by atoms with van der Waals surface area (Å²) in [6.07, 6.45) is 0. The van der Waals surface area contributed by atoms with Gasteiger partial charge in [0.1, 0.15) is 0 Å². The van der Waals surface area contributed by atoms with E-state index in [0.29, 0.717) is 11.8 Å². The Morgan fingerprint density at radius 1 is 1.33 bits per heavy atom. The number of nitro groups is 1. The van der Waals surface area contributed by atoms with Crippen LogP contribution in [-0.4, -0.2) is 8.16 Å². The molecule has 0 N–H and O–H groups in total. The molecule has 3 nitrogen and oxygen atoms in total. The first-order chi connectivity index (χ1) is 6.94. The van der Waals surface area contributed by atoms with E-state index in [4.69, 9.17) is 0 Å².